The fraction of sp³-hybridized carbons (Fsp3) is 0.636. The Labute approximate surface area is 112 Å². The van der Waals surface area contributed by atoms with Crippen molar-refractivity contribution >= 4 is 24.2 Å². The van der Waals surface area contributed by atoms with Crippen LogP contribution in [-0.4, -0.2) is 35.6 Å². The lowest BCUT2D eigenvalue weighted by atomic mass is 9.80. The maximum Gasteiger partial charge on any atom is 0.500 e. The summed E-state index contributed by atoms with van der Waals surface area (Å²) in [5.41, 5.74) is -0.187. The first kappa shape index (κ1) is 13.6. The van der Waals surface area contributed by atoms with Gasteiger partial charge in [0.05, 0.1) is 18.3 Å². The molecular formula is C11H16BClN2O3. The summed E-state index contributed by atoms with van der Waals surface area (Å²) in [4.78, 5) is 0. The van der Waals surface area contributed by atoms with Gasteiger partial charge in [-0.2, -0.15) is 0 Å². The molecule has 1 aromatic heterocycles. The highest BCUT2D eigenvalue weighted by molar-refractivity contribution is 6.63. The zero-order valence-corrected chi connectivity index (χ0v) is 11.9. The highest BCUT2D eigenvalue weighted by Crippen LogP contribution is 2.37. The van der Waals surface area contributed by atoms with E-state index in [4.69, 9.17) is 25.6 Å². The van der Waals surface area contributed by atoms with E-state index in [1.54, 1.807) is 6.07 Å². The first-order valence-corrected chi connectivity index (χ1v) is 6.07. The van der Waals surface area contributed by atoms with Crippen molar-refractivity contribution < 1.29 is 14.0 Å². The monoisotopic (exact) mass is 270 g/mol. The molecule has 1 fully saturated rings. The number of hydrogen-bond donors (Lipinski definition) is 0. The molecule has 1 aliphatic rings. The zero-order chi connectivity index (χ0) is 13.6. The first-order valence-electron chi connectivity index (χ1n) is 5.69. The van der Waals surface area contributed by atoms with E-state index in [2.05, 4.69) is 10.2 Å². The number of hydrogen-bond acceptors (Lipinski definition) is 5. The SMILES string of the molecule is COc1nnc(Cl)cc1B1OC(C)(C)C(C)(C)O1. The average molecular weight is 271 g/mol. The summed E-state index contributed by atoms with van der Waals surface area (Å²) in [5.74, 6) is 0.359. The van der Waals surface area contributed by atoms with Gasteiger partial charge >= 0.3 is 7.12 Å². The molecule has 2 heterocycles. The van der Waals surface area contributed by atoms with Crippen molar-refractivity contribution in [2.45, 2.75) is 38.9 Å². The van der Waals surface area contributed by atoms with Crippen LogP contribution in [0.25, 0.3) is 0 Å². The third-order valence-electron chi connectivity index (χ3n) is 3.46. The Morgan fingerprint density at radius 2 is 1.72 bits per heavy atom. The molecule has 98 valence electrons. The minimum Gasteiger partial charge on any atom is -0.480 e. The van der Waals surface area contributed by atoms with Crippen molar-refractivity contribution in [2.24, 2.45) is 0 Å². The Morgan fingerprint density at radius 3 is 2.22 bits per heavy atom. The van der Waals surface area contributed by atoms with Crippen LogP contribution in [0, 0.1) is 0 Å². The fourth-order valence-corrected chi connectivity index (χ4v) is 1.82. The van der Waals surface area contributed by atoms with Crippen molar-refractivity contribution in [3.8, 4) is 5.88 Å². The molecule has 0 unspecified atom stereocenters. The molecule has 18 heavy (non-hydrogen) atoms. The molecule has 0 N–H and O–H groups in total. The van der Waals surface area contributed by atoms with Crippen LogP contribution in [0.3, 0.4) is 0 Å². The van der Waals surface area contributed by atoms with Crippen LogP contribution in [0.4, 0.5) is 0 Å². The van der Waals surface area contributed by atoms with E-state index < -0.39 is 18.3 Å². The summed E-state index contributed by atoms with van der Waals surface area (Å²) < 4.78 is 17.0. The van der Waals surface area contributed by atoms with E-state index in [1.807, 2.05) is 27.7 Å². The molecule has 5 nitrogen and oxygen atoms in total. The molecule has 0 amide bonds. The van der Waals surface area contributed by atoms with Gasteiger partial charge in [0, 0.05) is 5.46 Å². The molecule has 1 aliphatic heterocycles. The quantitative estimate of drug-likeness (QED) is 0.761. The molecule has 2 rings (SSSR count). The Morgan fingerprint density at radius 1 is 1.17 bits per heavy atom. The highest BCUT2D eigenvalue weighted by Gasteiger charge is 2.52. The van der Waals surface area contributed by atoms with Crippen molar-refractivity contribution in [3.63, 3.8) is 0 Å². The highest BCUT2D eigenvalue weighted by atomic mass is 35.5. The van der Waals surface area contributed by atoms with E-state index in [9.17, 15) is 0 Å². The standard InChI is InChI=1S/C11H16BClN2O3/c1-10(2)11(3,4)18-12(17-10)7-6-8(13)14-15-9(7)16-5/h6H,1-5H3. The molecule has 0 bridgehead atoms. The van der Waals surface area contributed by atoms with Crippen molar-refractivity contribution in [2.75, 3.05) is 7.11 Å². The van der Waals surface area contributed by atoms with Crippen LogP contribution >= 0.6 is 11.6 Å². The molecule has 1 saturated heterocycles. The Kier molecular flexibility index (Phi) is 3.29. The second-order valence-corrected chi connectivity index (χ2v) is 5.61. The molecule has 0 atom stereocenters. The molecule has 0 radical (unpaired) electrons. The number of methoxy groups -OCH3 is 1. The largest absolute Gasteiger partial charge is 0.500 e. The molecule has 0 aliphatic carbocycles. The van der Waals surface area contributed by atoms with Gasteiger partial charge < -0.3 is 14.0 Å². The summed E-state index contributed by atoms with van der Waals surface area (Å²) in [6.45, 7) is 7.93. The second kappa shape index (κ2) is 4.37. The smallest absolute Gasteiger partial charge is 0.480 e. The van der Waals surface area contributed by atoms with E-state index in [1.165, 1.54) is 7.11 Å². The minimum absolute atomic E-state index is 0.278. The van der Waals surface area contributed by atoms with Gasteiger partial charge in [-0.05, 0) is 33.8 Å². The topological polar surface area (TPSA) is 53.5 Å². The van der Waals surface area contributed by atoms with Crippen LogP contribution in [0.1, 0.15) is 27.7 Å². The van der Waals surface area contributed by atoms with E-state index >= 15 is 0 Å². The van der Waals surface area contributed by atoms with Crippen molar-refractivity contribution in [3.05, 3.63) is 11.2 Å². The first-order chi connectivity index (χ1) is 8.27. The maximum absolute atomic E-state index is 5.92. The predicted molar refractivity (Wildman–Crippen MR) is 69.3 cm³/mol. The van der Waals surface area contributed by atoms with Gasteiger partial charge in [0.25, 0.3) is 0 Å². The molecule has 0 aromatic carbocycles. The molecule has 1 aromatic rings. The Hall–Kier alpha value is -0.845. The van der Waals surface area contributed by atoms with E-state index in [0.717, 1.165) is 0 Å². The van der Waals surface area contributed by atoms with Gasteiger partial charge in [0.1, 0.15) is 0 Å². The average Bonchev–Trinajstić information content (AvgIpc) is 2.48. The number of rotatable bonds is 2. The summed E-state index contributed by atoms with van der Waals surface area (Å²) in [6.07, 6.45) is 0. The zero-order valence-electron chi connectivity index (χ0n) is 11.2. The van der Waals surface area contributed by atoms with E-state index in [0.29, 0.717) is 11.3 Å². The lowest BCUT2D eigenvalue weighted by molar-refractivity contribution is 0.00578. The van der Waals surface area contributed by atoms with Crippen LogP contribution in [-0.2, 0) is 9.31 Å². The summed E-state index contributed by atoms with van der Waals surface area (Å²) >= 11 is 5.85. The van der Waals surface area contributed by atoms with Gasteiger partial charge in [-0.3, -0.25) is 0 Å². The van der Waals surface area contributed by atoms with Gasteiger partial charge in [-0.1, -0.05) is 11.6 Å². The number of aromatic nitrogens is 2. The summed E-state index contributed by atoms with van der Waals surface area (Å²) in [6, 6.07) is 1.65. The van der Waals surface area contributed by atoms with Crippen LogP contribution in [0.2, 0.25) is 5.15 Å². The van der Waals surface area contributed by atoms with Gasteiger partial charge in [-0.25, -0.2) is 0 Å². The third kappa shape index (κ3) is 2.20. The number of halogens is 1. The van der Waals surface area contributed by atoms with Gasteiger partial charge in [0.2, 0.25) is 5.88 Å². The molecule has 0 saturated carbocycles. The lowest BCUT2D eigenvalue weighted by Crippen LogP contribution is -2.41. The van der Waals surface area contributed by atoms with Gasteiger partial charge in [0.15, 0.2) is 5.15 Å². The van der Waals surface area contributed by atoms with Crippen LogP contribution < -0.4 is 10.2 Å². The lowest BCUT2D eigenvalue weighted by Gasteiger charge is -2.32. The normalized spacial score (nSPS) is 21.1. The number of nitrogens with zero attached hydrogens (tertiary/aromatic N) is 2. The summed E-state index contributed by atoms with van der Waals surface area (Å²) in [7, 11) is 0.963. The predicted octanol–water partition coefficient (Wildman–Crippen LogP) is 1.44. The molecular weight excluding hydrogens is 254 g/mol. The Bertz CT molecular complexity index is 452. The van der Waals surface area contributed by atoms with Crippen molar-refractivity contribution in [1.82, 2.24) is 10.2 Å². The third-order valence-corrected chi connectivity index (χ3v) is 3.64. The summed E-state index contributed by atoms with van der Waals surface area (Å²) in [5, 5.41) is 7.88. The fourth-order valence-electron chi connectivity index (χ4n) is 1.67. The second-order valence-electron chi connectivity index (χ2n) is 5.22. The maximum atomic E-state index is 5.92. The van der Waals surface area contributed by atoms with Gasteiger partial charge in [-0.15, -0.1) is 10.2 Å². The molecule has 0 spiro atoms. The minimum atomic E-state index is -0.557. The van der Waals surface area contributed by atoms with Crippen molar-refractivity contribution in [1.29, 1.82) is 0 Å². The Balaban J connectivity index is 2.37. The van der Waals surface area contributed by atoms with E-state index in [-0.39, 0.29) is 5.15 Å². The number of ether oxygens (including phenoxy) is 1. The molecule has 7 heteroatoms. The van der Waals surface area contributed by atoms with Crippen LogP contribution in [0.15, 0.2) is 6.07 Å². The van der Waals surface area contributed by atoms with Crippen LogP contribution in [0.5, 0.6) is 5.88 Å².